The predicted molar refractivity (Wildman–Crippen MR) is 317 cm³/mol. The summed E-state index contributed by atoms with van der Waals surface area (Å²) in [6.45, 7) is 20.0. The second-order valence-corrected chi connectivity index (χ2v) is 20.0. The molecule has 10 aliphatic carbocycles. The summed E-state index contributed by atoms with van der Waals surface area (Å²) in [5, 5.41) is 21.4. The molecule has 0 atom stereocenters. The molecule has 0 heterocycles. The lowest BCUT2D eigenvalue weighted by Crippen LogP contribution is -2.08. The molecule has 10 aliphatic rings. The fraction of sp³-hybridized carbons (Fsp3) is 0.456. The number of phenolic OH excluding ortho intramolecular Hbond substituents is 1. The van der Waals surface area contributed by atoms with Gasteiger partial charge in [0.15, 0.2) is 0 Å². The Hall–Kier alpha value is -7.05. The molecular formula is C68H86O12. The summed E-state index contributed by atoms with van der Waals surface area (Å²) in [4.78, 5) is 13.8. The standard InChI is InChI=1S/C68H86O12/c1-9-72-60-40-52-33-54-42-66(78-15-7)56(44-64(54)76-13-5)35-57-45-65(77-14-6)55(43-67(57)79-16-8)34-53-41-61(73-10-2)51(39-63(53)75-12-4)32-49-36-58(48(37-59(49)70)31-50(60)38-62(52)74-11-3)46-26-25-27-47(30-46)68(71)80-29-24-22-20-18-17-19-21-23-28-69/h25-27,30,36-45,69-70H,9-24,28-29,31-35H2,1-8H3. The monoisotopic (exact) mass is 1090 g/mol. The van der Waals surface area contributed by atoms with E-state index < -0.39 is 0 Å². The van der Waals surface area contributed by atoms with E-state index in [4.69, 9.17) is 47.7 Å². The average molecular weight is 1100 g/mol. The first-order chi connectivity index (χ1) is 39.1. The van der Waals surface area contributed by atoms with Gasteiger partial charge < -0.3 is 52.8 Å². The van der Waals surface area contributed by atoms with Crippen LogP contribution in [-0.2, 0) is 36.8 Å². The van der Waals surface area contributed by atoms with Crippen LogP contribution < -0.4 is 37.9 Å². The number of hydrogen-bond acceptors (Lipinski definition) is 12. The van der Waals surface area contributed by atoms with Crippen LogP contribution in [0.5, 0.6) is 51.7 Å². The molecule has 10 bridgehead atoms. The number of carbonyl (C=O) groups is 1. The number of aromatic hydroxyl groups is 1. The van der Waals surface area contributed by atoms with Crippen LogP contribution in [0.15, 0.2) is 84.9 Å². The summed E-state index contributed by atoms with van der Waals surface area (Å²) in [6.07, 6.45) is 10.3. The zero-order valence-corrected chi connectivity index (χ0v) is 48.8. The Morgan fingerprint density at radius 2 is 0.688 bits per heavy atom. The van der Waals surface area contributed by atoms with Gasteiger partial charge in [-0.25, -0.2) is 4.79 Å². The molecule has 16 rings (SSSR count). The van der Waals surface area contributed by atoms with E-state index in [0.29, 0.717) is 126 Å². The Morgan fingerprint density at radius 1 is 0.375 bits per heavy atom. The number of unbranched alkanes of at least 4 members (excludes halogenated alkanes) is 7. The van der Waals surface area contributed by atoms with Crippen LogP contribution in [0.1, 0.15) is 173 Å². The second-order valence-electron chi connectivity index (χ2n) is 20.0. The number of hydrogen-bond donors (Lipinski definition) is 2. The van der Waals surface area contributed by atoms with E-state index >= 15 is 0 Å². The highest BCUT2D eigenvalue weighted by Crippen LogP contribution is 2.43. The van der Waals surface area contributed by atoms with Gasteiger partial charge in [-0.2, -0.15) is 0 Å². The van der Waals surface area contributed by atoms with E-state index in [-0.39, 0.29) is 18.3 Å². The van der Waals surface area contributed by atoms with Crippen molar-refractivity contribution in [2.45, 2.75) is 139 Å². The van der Waals surface area contributed by atoms with E-state index in [1.165, 1.54) is 0 Å². The third kappa shape index (κ3) is 16.1. The number of esters is 1. The molecule has 2 N–H and O–H groups in total. The number of ether oxygens (including phenoxy) is 9. The summed E-state index contributed by atoms with van der Waals surface area (Å²) in [5.74, 6) is 5.44. The highest BCUT2D eigenvalue weighted by atomic mass is 16.5. The van der Waals surface area contributed by atoms with Crippen molar-refractivity contribution in [1.82, 2.24) is 0 Å². The van der Waals surface area contributed by atoms with Crippen LogP contribution in [0.3, 0.4) is 0 Å². The number of aliphatic hydroxyl groups is 1. The fourth-order valence-corrected chi connectivity index (χ4v) is 10.6. The first-order valence-corrected chi connectivity index (χ1v) is 29.5. The van der Waals surface area contributed by atoms with Crippen molar-refractivity contribution in [3.63, 3.8) is 0 Å². The highest BCUT2D eigenvalue weighted by Gasteiger charge is 2.24. The van der Waals surface area contributed by atoms with Crippen molar-refractivity contribution in [3.05, 3.63) is 146 Å². The van der Waals surface area contributed by atoms with Gasteiger partial charge in [0.1, 0.15) is 51.7 Å². The lowest BCUT2D eigenvalue weighted by Gasteiger charge is -2.21. The van der Waals surface area contributed by atoms with Gasteiger partial charge in [-0.3, -0.25) is 0 Å². The van der Waals surface area contributed by atoms with Crippen molar-refractivity contribution in [1.29, 1.82) is 0 Å². The molecule has 0 spiro atoms. The molecule has 0 aliphatic heterocycles. The van der Waals surface area contributed by atoms with Gasteiger partial charge in [0, 0.05) is 83.2 Å². The van der Waals surface area contributed by atoms with Crippen molar-refractivity contribution in [2.24, 2.45) is 0 Å². The molecule has 80 heavy (non-hydrogen) atoms. The average Bonchev–Trinajstić information content (AvgIpc) is 3.46. The fourth-order valence-electron chi connectivity index (χ4n) is 10.6. The molecule has 0 amide bonds. The maximum absolute atomic E-state index is 13.8. The van der Waals surface area contributed by atoms with Crippen LogP contribution in [0.2, 0.25) is 0 Å². The summed E-state index contributed by atoms with van der Waals surface area (Å²) in [6, 6.07) is 28.0. The third-order valence-electron chi connectivity index (χ3n) is 14.3. The number of aliphatic hydroxyl groups excluding tert-OH is 1. The normalized spacial score (nSPS) is 12.1. The predicted octanol–water partition coefficient (Wildman–Crippen LogP) is 14.8. The molecule has 6 aromatic rings. The van der Waals surface area contributed by atoms with Gasteiger partial charge in [-0.15, -0.1) is 0 Å². The molecule has 0 fully saturated rings. The van der Waals surface area contributed by atoms with Gasteiger partial charge in [0.05, 0.1) is 65.0 Å². The highest BCUT2D eigenvalue weighted by molar-refractivity contribution is 5.91. The molecule has 12 heteroatoms. The summed E-state index contributed by atoms with van der Waals surface area (Å²) >= 11 is 0. The Balaban J connectivity index is 1.41. The Morgan fingerprint density at radius 3 is 1.02 bits per heavy atom. The van der Waals surface area contributed by atoms with Crippen molar-refractivity contribution >= 4 is 5.97 Å². The van der Waals surface area contributed by atoms with Crippen LogP contribution in [0, 0.1) is 0 Å². The summed E-state index contributed by atoms with van der Waals surface area (Å²) in [7, 11) is 0. The topological polar surface area (TPSA) is 141 Å². The molecule has 12 nitrogen and oxygen atoms in total. The number of rotatable bonds is 28. The van der Waals surface area contributed by atoms with E-state index in [0.717, 1.165) is 136 Å². The maximum atomic E-state index is 13.8. The SMILES string of the molecule is CCOc1cc2c(OCC)cc1Cc1cc(-c3cccc(C(=O)OCCCCCCCCCCO)c3)c(cc1O)Cc1cc(OCC)c(cc1OCC)Cc1cc(OCC)c(cc1OCC)Cc1cc(OCC)c(cc1OCC)C2. The van der Waals surface area contributed by atoms with Crippen LogP contribution >= 0.6 is 0 Å². The van der Waals surface area contributed by atoms with Crippen molar-refractivity contribution < 1.29 is 57.6 Å². The van der Waals surface area contributed by atoms with Crippen LogP contribution in [-0.4, -0.2) is 82.3 Å². The van der Waals surface area contributed by atoms with E-state index in [9.17, 15) is 9.90 Å². The quantitative estimate of drug-likeness (QED) is 0.0356. The zero-order chi connectivity index (χ0) is 56.8. The van der Waals surface area contributed by atoms with Crippen molar-refractivity contribution in [2.75, 3.05) is 66.1 Å². The molecule has 6 aromatic carbocycles. The Labute approximate surface area is 475 Å². The third-order valence-corrected chi connectivity index (χ3v) is 14.3. The van der Waals surface area contributed by atoms with Crippen molar-refractivity contribution in [3.8, 4) is 62.9 Å². The van der Waals surface area contributed by atoms with E-state index in [1.54, 1.807) is 6.07 Å². The molecular weight excluding hydrogens is 1010 g/mol. The molecule has 0 saturated heterocycles. The van der Waals surface area contributed by atoms with Gasteiger partial charge in [0.25, 0.3) is 0 Å². The molecule has 430 valence electrons. The van der Waals surface area contributed by atoms with Gasteiger partial charge in [0.2, 0.25) is 0 Å². The minimum atomic E-state index is -0.382. The number of carbonyl (C=O) groups excluding carboxylic acids is 1. The first kappa shape index (κ1) is 60.6. The molecule has 0 radical (unpaired) electrons. The Kier molecular flexibility index (Phi) is 23.5. The van der Waals surface area contributed by atoms with Gasteiger partial charge in [-0.05, 0) is 163 Å². The smallest absolute Gasteiger partial charge is 0.338 e. The Bertz CT molecular complexity index is 2960. The lowest BCUT2D eigenvalue weighted by molar-refractivity contribution is 0.0497. The maximum Gasteiger partial charge on any atom is 0.338 e. The van der Waals surface area contributed by atoms with E-state index in [2.05, 4.69) is 42.5 Å². The molecule has 0 unspecified atom stereocenters. The summed E-state index contributed by atoms with van der Waals surface area (Å²) in [5.41, 5.74) is 10.8. The zero-order valence-electron chi connectivity index (χ0n) is 48.8. The lowest BCUT2D eigenvalue weighted by atomic mass is 9.89. The van der Waals surface area contributed by atoms with E-state index in [1.807, 2.05) is 91.8 Å². The molecule has 0 saturated carbocycles. The largest absolute Gasteiger partial charge is 0.508 e. The van der Waals surface area contributed by atoms with Gasteiger partial charge in [-0.1, -0.05) is 50.7 Å². The summed E-state index contributed by atoms with van der Waals surface area (Å²) < 4.78 is 57.7. The van der Waals surface area contributed by atoms with Crippen LogP contribution in [0.25, 0.3) is 11.1 Å². The van der Waals surface area contributed by atoms with Gasteiger partial charge >= 0.3 is 5.97 Å². The molecule has 0 aromatic heterocycles. The van der Waals surface area contributed by atoms with Crippen LogP contribution in [0.4, 0.5) is 0 Å². The minimum Gasteiger partial charge on any atom is -0.508 e. The second kappa shape index (κ2) is 31.1. The minimum absolute atomic E-state index is 0.112. The number of benzene rings is 6. The number of phenols is 1. The first-order valence-electron chi connectivity index (χ1n) is 29.5.